The normalized spacial score (nSPS) is 18.9. The number of piperidine rings is 1. The van der Waals surface area contributed by atoms with Gasteiger partial charge in [0.2, 0.25) is 0 Å². The van der Waals surface area contributed by atoms with E-state index in [1.165, 1.54) is 24.5 Å². The smallest absolute Gasteiger partial charge is 0.274 e. The first kappa shape index (κ1) is 16.9. The molecule has 0 atom stereocenters. The lowest BCUT2D eigenvalue weighted by Crippen LogP contribution is -2.45. The number of carbonyl (C=O) groups is 1. The Morgan fingerprint density at radius 2 is 1.92 bits per heavy atom. The van der Waals surface area contributed by atoms with Crippen LogP contribution < -0.4 is 10.2 Å². The molecule has 0 aliphatic carbocycles. The van der Waals surface area contributed by atoms with E-state index in [0.29, 0.717) is 24.7 Å². The average molecular weight is 358 g/mol. The average Bonchev–Trinajstić information content (AvgIpc) is 3.10. The number of hydrogen-bond acceptors (Lipinski definition) is 6. The summed E-state index contributed by atoms with van der Waals surface area (Å²) >= 11 is 0. The number of aromatic nitrogens is 2. The molecule has 0 radical (unpaired) electrons. The highest BCUT2D eigenvalue weighted by Gasteiger charge is 2.40. The van der Waals surface area contributed by atoms with E-state index in [4.69, 9.17) is 9.47 Å². The highest BCUT2D eigenvalue weighted by molar-refractivity contribution is 6.03. The fraction of sp³-hybridized carbons (Fsp3) is 0.389. The van der Waals surface area contributed by atoms with Crippen molar-refractivity contribution >= 4 is 17.4 Å². The van der Waals surface area contributed by atoms with E-state index in [1.807, 2.05) is 0 Å². The Morgan fingerprint density at radius 3 is 2.65 bits per heavy atom. The lowest BCUT2D eigenvalue weighted by atomic mass is 10.0. The second kappa shape index (κ2) is 6.97. The van der Waals surface area contributed by atoms with Crippen LogP contribution in [-0.4, -0.2) is 48.0 Å². The molecule has 2 aromatic rings. The van der Waals surface area contributed by atoms with Gasteiger partial charge in [0.05, 0.1) is 13.2 Å². The van der Waals surface area contributed by atoms with E-state index < -0.39 is 17.5 Å². The highest BCUT2D eigenvalue weighted by Crippen LogP contribution is 2.32. The molecule has 1 N–H and O–H groups in total. The fourth-order valence-electron chi connectivity index (χ4n) is 3.27. The zero-order valence-corrected chi connectivity index (χ0v) is 14.2. The molecular formula is C18H19FN4O3. The molecule has 26 heavy (non-hydrogen) atoms. The van der Waals surface area contributed by atoms with Crippen LogP contribution in [0.25, 0.3) is 0 Å². The largest absolute Gasteiger partial charge is 0.356 e. The van der Waals surface area contributed by atoms with Gasteiger partial charge in [-0.1, -0.05) is 6.07 Å². The summed E-state index contributed by atoms with van der Waals surface area (Å²) in [5.74, 6) is -0.599. The van der Waals surface area contributed by atoms with Crippen molar-refractivity contribution in [2.75, 3.05) is 36.5 Å². The molecule has 3 heterocycles. The zero-order valence-electron chi connectivity index (χ0n) is 14.2. The number of anilines is 2. The van der Waals surface area contributed by atoms with E-state index in [-0.39, 0.29) is 5.69 Å². The summed E-state index contributed by atoms with van der Waals surface area (Å²) in [5.41, 5.74) is 0.610. The highest BCUT2D eigenvalue weighted by atomic mass is 19.1. The summed E-state index contributed by atoms with van der Waals surface area (Å²) in [6.07, 6.45) is 2.87. The quantitative estimate of drug-likeness (QED) is 0.907. The van der Waals surface area contributed by atoms with Gasteiger partial charge in [-0.05, 0) is 18.2 Å². The van der Waals surface area contributed by atoms with Crippen molar-refractivity contribution in [2.24, 2.45) is 0 Å². The van der Waals surface area contributed by atoms with Crippen LogP contribution in [0, 0.1) is 5.82 Å². The summed E-state index contributed by atoms with van der Waals surface area (Å²) < 4.78 is 24.7. The number of halogens is 1. The summed E-state index contributed by atoms with van der Waals surface area (Å²) in [5, 5.41) is 2.64. The number of carbonyl (C=O) groups excluding carboxylic acids is 1. The van der Waals surface area contributed by atoms with E-state index in [0.717, 1.165) is 25.9 Å². The third kappa shape index (κ3) is 3.51. The Labute approximate surface area is 150 Å². The van der Waals surface area contributed by atoms with Gasteiger partial charge in [-0.15, -0.1) is 0 Å². The number of hydrogen-bond donors (Lipinski definition) is 1. The molecule has 2 fully saturated rings. The predicted molar refractivity (Wildman–Crippen MR) is 92.5 cm³/mol. The van der Waals surface area contributed by atoms with Gasteiger partial charge in [0, 0.05) is 37.7 Å². The predicted octanol–water partition coefficient (Wildman–Crippen LogP) is 2.21. The Balaban J connectivity index is 1.44. The maximum Gasteiger partial charge on any atom is 0.274 e. The van der Waals surface area contributed by atoms with Crippen LogP contribution in [0.1, 0.15) is 23.3 Å². The number of rotatable bonds is 3. The van der Waals surface area contributed by atoms with Gasteiger partial charge in [-0.3, -0.25) is 4.79 Å². The van der Waals surface area contributed by atoms with Crippen LogP contribution >= 0.6 is 0 Å². The monoisotopic (exact) mass is 358 g/mol. The second-order valence-electron chi connectivity index (χ2n) is 6.32. The Kier molecular flexibility index (Phi) is 4.52. The van der Waals surface area contributed by atoms with Gasteiger partial charge in [-0.2, -0.15) is 0 Å². The molecule has 0 unspecified atom stereocenters. The van der Waals surface area contributed by atoms with Crippen molar-refractivity contribution in [3.63, 3.8) is 0 Å². The van der Waals surface area contributed by atoms with Crippen LogP contribution in [0.3, 0.4) is 0 Å². The molecule has 1 amide bonds. The molecule has 2 aliphatic rings. The van der Waals surface area contributed by atoms with Gasteiger partial charge in [0.1, 0.15) is 23.7 Å². The molecule has 8 heteroatoms. The Morgan fingerprint density at radius 1 is 1.15 bits per heavy atom. The SMILES string of the molecule is O=C(Nc1cccc(F)c1)c1cc(N2CCC3(CC2)OCCO3)ncn1. The molecule has 1 aromatic carbocycles. The van der Waals surface area contributed by atoms with Gasteiger partial charge in [-0.25, -0.2) is 14.4 Å². The molecule has 1 aromatic heterocycles. The van der Waals surface area contributed by atoms with Crippen LogP contribution in [0.2, 0.25) is 0 Å². The molecule has 0 saturated carbocycles. The maximum absolute atomic E-state index is 13.2. The molecule has 2 aliphatic heterocycles. The summed E-state index contributed by atoms with van der Waals surface area (Å²) in [6, 6.07) is 7.37. The number of benzene rings is 1. The second-order valence-corrected chi connectivity index (χ2v) is 6.32. The lowest BCUT2D eigenvalue weighted by molar-refractivity contribution is -0.169. The van der Waals surface area contributed by atoms with Crippen molar-refractivity contribution in [1.29, 1.82) is 0 Å². The van der Waals surface area contributed by atoms with Gasteiger partial charge >= 0.3 is 0 Å². The minimum atomic E-state index is -0.457. The zero-order chi connectivity index (χ0) is 18.0. The molecule has 1 spiro atoms. The van der Waals surface area contributed by atoms with Crippen molar-refractivity contribution in [2.45, 2.75) is 18.6 Å². The van der Waals surface area contributed by atoms with Crippen LogP contribution in [0.4, 0.5) is 15.9 Å². The van der Waals surface area contributed by atoms with Crippen molar-refractivity contribution < 1.29 is 18.7 Å². The van der Waals surface area contributed by atoms with E-state index in [9.17, 15) is 9.18 Å². The van der Waals surface area contributed by atoms with E-state index >= 15 is 0 Å². The summed E-state index contributed by atoms with van der Waals surface area (Å²) in [4.78, 5) is 22.8. The van der Waals surface area contributed by atoms with Crippen molar-refractivity contribution in [3.05, 3.63) is 48.2 Å². The Hall–Kier alpha value is -2.58. The summed E-state index contributed by atoms with van der Waals surface area (Å²) in [7, 11) is 0. The third-order valence-corrected chi connectivity index (χ3v) is 4.63. The molecule has 2 saturated heterocycles. The third-order valence-electron chi connectivity index (χ3n) is 4.63. The summed E-state index contributed by atoms with van der Waals surface area (Å²) in [6.45, 7) is 2.72. The minimum absolute atomic E-state index is 0.230. The van der Waals surface area contributed by atoms with Gasteiger partial charge < -0.3 is 19.7 Å². The first-order valence-electron chi connectivity index (χ1n) is 8.55. The molecule has 7 nitrogen and oxygen atoms in total. The lowest BCUT2D eigenvalue weighted by Gasteiger charge is -2.38. The van der Waals surface area contributed by atoms with E-state index in [2.05, 4.69) is 20.2 Å². The van der Waals surface area contributed by atoms with Crippen LogP contribution in [0.15, 0.2) is 36.7 Å². The Bertz CT molecular complexity index is 801. The first-order valence-corrected chi connectivity index (χ1v) is 8.55. The van der Waals surface area contributed by atoms with Crippen LogP contribution in [-0.2, 0) is 9.47 Å². The number of amides is 1. The first-order chi connectivity index (χ1) is 12.6. The maximum atomic E-state index is 13.2. The van der Waals surface area contributed by atoms with Gasteiger partial charge in [0.15, 0.2) is 5.79 Å². The fourth-order valence-corrected chi connectivity index (χ4v) is 3.27. The standard InChI is InChI=1S/C18H19FN4O3/c19-13-2-1-3-14(10-13)22-17(24)15-11-16(21-12-20-15)23-6-4-18(5-7-23)25-8-9-26-18/h1-3,10-12H,4-9H2,(H,22,24). The van der Waals surface area contributed by atoms with E-state index in [1.54, 1.807) is 12.1 Å². The van der Waals surface area contributed by atoms with Crippen molar-refractivity contribution in [1.82, 2.24) is 9.97 Å². The molecular weight excluding hydrogens is 339 g/mol. The topological polar surface area (TPSA) is 76.6 Å². The van der Waals surface area contributed by atoms with Gasteiger partial charge in [0.25, 0.3) is 5.91 Å². The number of nitrogens with zero attached hydrogens (tertiary/aromatic N) is 3. The molecule has 4 rings (SSSR count). The molecule has 0 bridgehead atoms. The number of nitrogens with one attached hydrogen (secondary N) is 1. The molecule has 136 valence electrons. The van der Waals surface area contributed by atoms with Crippen molar-refractivity contribution in [3.8, 4) is 0 Å². The van der Waals surface area contributed by atoms with Crippen LogP contribution in [0.5, 0.6) is 0 Å². The minimum Gasteiger partial charge on any atom is -0.356 e. The number of ether oxygens (including phenoxy) is 2.